The maximum absolute atomic E-state index is 13.1. The van der Waals surface area contributed by atoms with Crippen LogP contribution in [0.4, 0.5) is 24.5 Å². The van der Waals surface area contributed by atoms with Gasteiger partial charge in [0.2, 0.25) is 5.56 Å². The molecule has 2 fully saturated rings. The number of benzene rings is 3. The summed E-state index contributed by atoms with van der Waals surface area (Å²) >= 11 is 6.24. The van der Waals surface area contributed by atoms with Crippen LogP contribution in [0.1, 0.15) is 30.0 Å². The van der Waals surface area contributed by atoms with E-state index in [-0.39, 0.29) is 43.6 Å². The Morgan fingerprint density at radius 3 is 2.13 bits per heavy atom. The van der Waals surface area contributed by atoms with E-state index in [0.717, 1.165) is 42.7 Å². The van der Waals surface area contributed by atoms with Gasteiger partial charge < -0.3 is 15.2 Å². The third-order valence-corrected chi connectivity index (χ3v) is 10.5. The second-order valence-corrected chi connectivity index (χ2v) is 13.8. The molecule has 0 radical (unpaired) electrons. The Bertz CT molecular complexity index is 1800. The largest absolute Gasteiger partial charge is 0.511 e. The van der Waals surface area contributed by atoms with Crippen LogP contribution < -0.4 is 15.8 Å². The molecule has 8 nitrogen and oxygen atoms in total. The van der Waals surface area contributed by atoms with Crippen LogP contribution in [0, 0.1) is 0 Å². The average molecular weight is 660 g/mol. The van der Waals surface area contributed by atoms with Crippen LogP contribution in [0.15, 0.2) is 83.7 Å². The van der Waals surface area contributed by atoms with Crippen LogP contribution >= 0.6 is 11.6 Å². The van der Waals surface area contributed by atoms with E-state index < -0.39 is 15.5 Å². The molecule has 0 aliphatic carbocycles. The van der Waals surface area contributed by atoms with Gasteiger partial charge in [-0.2, -0.15) is 17.5 Å². The van der Waals surface area contributed by atoms with Gasteiger partial charge in [-0.15, -0.1) is 0 Å². The minimum atomic E-state index is -5.38. The average Bonchev–Trinajstić information content (AvgIpc) is 3.03. The molecule has 1 atom stereocenters. The van der Waals surface area contributed by atoms with Gasteiger partial charge >= 0.3 is 15.5 Å². The van der Waals surface area contributed by atoms with Gasteiger partial charge in [0.1, 0.15) is 0 Å². The first-order valence-corrected chi connectivity index (χ1v) is 16.6. The molecule has 0 amide bonds. The number of sulfonamides is 1. The Balaban J connectivity index is 1.28. The first kappa shape index (κ1) is 31.4. The van der Waals surface area contributed by atoms with E-state index in [1.54, 1.807) is 0 Å². The lowest BCUT2D eigenvalue weighted by Gasteiger charge is -2.40. The Labute approximate surface area is 264 Å². The molecule has 238 valence electrons. The second kappa shape index (κ2) is 12.7. The lowest BCUT2D eigenvalue weighted by molar-refractivity contribution is -0.0494. The van der Waals surface area contributed by atoms with E-state index in [9.17, 15) is 26.4 Å². The van der Waals surface area contributed by atoms with Crippen molar-refractivity contribution >= 4 is 43.9 Å². The van der Waals surface area contributed by atoms with E-state index in [4.69, 9.17) is 11.6 Å². The van der Waals surface area contributed by atoms with Gasteiger partial charge in [-0.05, 0) is 60.4 Å². The van der Waals surface area contributed by atoms with Crippen molar-refractivity contribution in [3.05, 3.63) is 105 Å². The molecule has 0 saturated carbocycles. The van der Waals surface area contributed by atoms with Gasteiger partial charge in [0.15, 0.2) is 0 Å². The van der Waals surface area contributed by atoms with E-state index in [2.05, 4.69) is 32.2 Å². The number of fused-ring (bicyclic) bond motifs is 1. The third-order valence-electron chi connectivity index (χ3n) is 8.62. The number of nitrogens with zero attached hydrogens (tertiary/aromatic N) is 3. The number of hydrogen-bond acceptors (Lipinski definition) is 6. The highest BCUT2D eigenvalue weighted by Gasteiger charge is 2.50. The summed E-state index contributed by atoms with van der Waals surface area (Å²) in [6.07, 6.45) is 0.338. The first-order chi connectivity index (χ1) is 21.5. The highest BCUT2D eigenvalue weighted by Crippen LogP contribution is 2.35. The number of para-hydroxylation sites is 1. The summed E-state index contributed by atoms with van der Waals surface area (Å²) in [5, 5.41) is 4.74. The van der Waals surface area contributed by atoms with Crippen molar-refractivity contribution in [1.29, 1.82) is 0 Å². The minimum absolute atomic E-state index is 0.0971. The topological polar surface area (TPSA) is 88.8 Å². The molecule has 2 aliphatic heterocycles. The monoisotopic (exact) mass is 659 g/mol. The van der Waals surface area contributed by atoms with E-state index >= 15 is 0 Å². The number of aromatic amines is 1. The molecule has 3 aromatic carbocycles. The number of alkyl halides is 3. The van der Waals surface area contributed by atoms with E-state index in [1.807, 2.05) is 60.7 Å². The fraction of sp³-hybridized carbons (Fsp3) is 0.344. The number of nitrogens with one attached hydrogen (secondary N) is 2. The molecule has 0 bridgehead atoms. The molecule has 2 saturated heterocycles. The predicted octanol–water partition coefficient (Wildman–Crippen LogP) is 5.82. The quantitative estimate of drug-likeness (QED) is 0.260. The van der Waals surface area contributed by atoms with Crippen molar-refractivity contribution in [3.8, 4) is 0 Å². The summed E-state index contributed by atoms with van der Waals surface area (Å²) in [4.78, 5) is 20.3. The standard InChI is InChI=1S/C32H33ClF3N5O3S/c33-24-9-6-22(7-10-24)31(40-18-16-39(17-19-40)26-4-2-1-3-5-26)23-8-11-28-27(20-23)29(21-30(42)38-28)37-25-12-14-41(15-13-25)45(43,44)32(34,35)36/h1-11,20-21,25,31H,12-19H2,(H2,37,38,42). The van der Waals surface area contributed by atoms with Gasteiger partial charge in [-0.3, -0.25) is 9.69 Å². The molecule has 45 heavy (non-hydrogen) atoms. The summed E-state index contributed by atoms with van der Waals surface area (Å²) in [6, 6.07) is 25.1. The molecule has 1 unspecified atom stereocenters. The number of aromatic nitrogens is 1. The predicted molar refractivity (Wildman–Crippen MR) is 171 cm³/mol. The van der Waals surface area contributed by atoms with Crippen LogP contribution in [0.2, 0.25) is 5.02 Å². The number of anilines is 2. The third kappa shape index (κ3) is 6.69. The number of rotatable bonds is 7. The van der Waals surface area contributed by atoms with Crippen LogP contribution in [0.3, 0.4) is 0 Å². The molecule has 6 rings (SSSR count). The maximum Gasteiger partial charge on any atom is 0.511 e. The normalized spacial score (nSPS) is 18.3. The summed E-state index contributed by atoms with van der Waals surface area (Å²) in [5.41, 5.74) is -1.20. The smallest absolute Gasteiger partial charge is 0.382 e. The number of halogens is 4. The van der Waals surface area contributed by atoms with Gasteiger partial charge in [0.05, 0.1) is 11.6 Å². The fourth-order valence-electron chi connectivity index (χ4n) is 6.30. The maximum atomic E-state index is 13.1. The van der Waals surface area contributed by atoms with Crippen LogP contribution in [-0.2, 0) is 10.0 Å². The molecule has 2 N–H and O–H groups in total. The number of hydrogen-bond donors (Lipinski definition) is 2. The Morgan fingerprint density at radius 2 is 1.49 bits per heavy atom. The van der Waals surface area contributed by atoms with Crippen molar-refractivity contribution in [2.75, 3.05) is 49.5 Å². The zero-order valence-electron chi connectivity index (χ0n) is 24.3. The molecule has 1 aromatic heterocycles. The lowest BCUT2D eigenvalue weighted by atomic mass is 9.94. The molecular weight excluding hydrogens is 627 g/mol. The number of pyridine rings is 1. The molecule has 3 heterocycles. The van der Waals surface area contributed by atoms with Crippen molar-refractivity contribution in [2.24, 2.45) is 0 Å². The Hall–Kier alpha value is -3.58. The SMILES string of the molecule is O=c1cc(NC2CCN(S(=O)(=O)C(F)(F)F)CC2)c2cc(C(c3ccc(Cl)cc3)N3CCN(c4ccccc4)CC3)ccc2[nH]1. The van der Waals surface area contributed by atoms with Crippen LogP contribution in [0.5, 0.6) is 0 Å². The van der Waals surface area contributed by atoms with Crippen LogP contribution in [0.25, 0.3) is 10.9 Å². The van der Waals surface area contributed by atoms with Gasteiger partial charge in [-0.25, -0.2) is 8.42 Å². The zero-order valence-corrected chi connectivity index (χ0v) is 25.9. The number of piperidine rings is 1. The van der Waals surface area contributed by atoms with Gasteiger partial charge in [0, 0.05) is 73.2 Å². The zero-order chi connectivity index (χ0) is 31.8. The van der Waals surface area contributed by atoms with Gasteiger partial charge in [-0.1, -0.05) is 48.0 Å². The molecule has 4 aromatic rings. The summed E-state index contributed by atoms with van der Waals surface area (Å²) in [5.74, 6) is 0. The first-order valence-electron chi connectivity index (χ1n) is 14.8. The second-order valence-electron chi connectivity index (χ2n) is 11.4. The number of piperazine rings is 1. The van der Waals surface area contributed by atoms with E-state index in [0.29, 0.717) is 20.5 Å². The van der Waals surface area contributed by atoms with Crippen molar-refractivity contribution in [3.63, 3.8) is 0 Å². The summed E-state index contributed by atoms with van der Waals surface area (Å²) in [6.45, 7) is 2.81. The van der Waals surface area contributed by atoms with Crippen molar-refractivity contribution in [1.82, 2.24) is 14.2 Å². The van der Waals surface area contributed by atoms with Crippen LogP contribution in [-0.4, -0.2) is 73.4 Å². The molecular formula is C32H33ClF3N5O3S. The molecule has 2 aliphatic rings. The minimum Gasteiger partial charge on any atom is -0.382 e. The van der Waals surface area contributed by atoms with Gasteiger partial charge in [0.25, 0.3) is 0 Å². The van der Waals surface area contributed by atoms with Crippen molar-refractivity contribution in [2.45, 2.75) is 30.4 Å². The molecule has 0 spiro atoms. The number of H-pyrrole nitrogens is 1. The summed E-state index contributed by atoms with van der Waals surface area (Å²) in [7, 11) is -5.38. The van der Waals surface area contributed by atoms with Crippen molar-refractivity contribution < 1.29 is 21.6 Å². The lowest BCUT2D eigenvalue weighted by Crippen LogP contribution is -2.48. The fourth-order valence-corrected chi connectivity index (χ4v) is 7.41. The summed E-state index contributed by atoms with van der Waals surface area (Å²) < 4.78 is 63.4. The highest BCUT2D eigenvalue weighted by molar-refractivity contribution is 7.90. The highest BCUT2D eigenvalue weighted by atomic mass is 35.5. The Morgan fingerprint density at radius 1 is 0.844 bits per heavy atom. The molecule has 13 heteroatoms. The Kier molecular flexibility index (Phi) is 8.84. The van der Waals surface area contributed by atoms with E-state index in [1.165, 1.54) is 11.8 Å².